The van der Waals surface area contributed by atoms with E-state index >= 15 is 0 Å². The van der Waals surface area contributed by atoms with Gasteiger partial charge in [-0.05, 0) is 36.1 Å². The topological polar surface area (TPSA) is 38.0 Å². The summed E-state index contributed by atoms with van der Waals surface area (Å²) in [5.41, 5.74) is 4.11. The van der Waals surface area contributed by atoms with Crippen LogP contribution in [0, 0.1) is 5.92 Å². The highest BCUT2D eigenvalue weighted by Gasteiger charge is 2.19. The summed E-state index contributed by atoms with van der Waals surface area (Å²) < 4.78 is 1.01. The van der Waals surface area contributed by atoms with Crippen LogP contribution in [0.5, 0.6) is 0 Å². The van der Waals surface area contributed by atoms with Crippen LogP contribution < -0.4 is 11.3 Å². The summed E-state index contributed by atoms with van der Waals surface area (Å²) in [6, 6.07) is 6.20. The van der Waals surface area contributed by atoms with Crippen molar-refractivity contribution in [2.45, 2.75) is 44.6 Å². The molecule has 1 atom stereocenters. The van der Waals surface area contributed by atoms with Gasteiger partial charge in [0.2, 0.25) is 0 Å². The van der Waals surface area contributed by atoms with Crippen molar-refractivity contribution in [2.24, 2.45) is 11.8 Å². The van der Waals surface area contributed by atoms with Crippen LogP contribution in [-0.4, -0.2) is 0 Å². The van der Waals surface area contributed by atoms with Crippen LogP contribution in [0.2, 0.25) is 5.02 Å². The largest absolute Gasteiger partial charge is 0.271 e. The van der Waals surface area contributed by atoms with E-state index in [4.69, 9.17) is 17.4 Å². The molecule has 1 saturated carbocycles. The van der Waals surface area contributed by atoms with Gasteiger partial charge in [0.05, 0.1) is 0 Å². The molecule has 0 aliphatic heterocycles. The normalized spacial score (nSPS) is 18.8. The van der Waals surface area contributed by atoms with Crippen LogP contribution in [-0.2, 0) is 0 Å². The lowest BCUT2D eigenvalue weighted by molar-refractivity contribution is 0.301. The van der Waals surface area contributed by atoms with E-state index in [9.17, 15) is 0 Å². The first-order chi connectivity index (χ1) is 8.69. The maximum Gasteiger partial charge on any atom is 0.0463 e. The quantitative estimate of drug-likeness (QED) is 0.626. The van der Waals surface area contributed by atoms with E-state index in [0.717, 1.165) is 21.8 Å². The lowest BCUT2D eigenvalue weighted by atomic mass is 9.83. The second-order valence-corrected chi connectivity index (χ2v) is 6.51. The minimum absolute atomic E-state index is 0.197. The first-order valence-electron chi connectivity index (χ1n) is 6.61. The molecule has 2 nitrogen and oxygen atoms in total. The molecule has 1 aromatic rings. The van der Waals surface area contributed by atoms with Gasteiger partial charge in [-0.15, -0.1) is 0 Å². The number of hydrogen-bond acceptors (Lipinski definition) is 2. The maximum atomic E-state index is 6.10. The van der Waals surface area contributed by atoms with Crippen LogP contribution >= 0.6 is 27.5 Å². The third-order valence-corrected chi connectivity index (χ3v) is 4.46. The van der Waals surface area contributed by atoms with Gasteiger partial charge in [0.1, 0.15) is 0 Å². The van der Waals surface area contributed by atoms with Gasteiger partial charge in [-0.2, -0.15) is 0 Å². The van der Waals surface area contributed by atoms with Crippen molar-refractivity contribution in [3.8, 4) is 0 Å². The second kappa shape index (κ2) is 6.90. The highest BCUT2D eigenvalue weighted by atomic mass is 79.9. The SMILES string of the molecule is NNC(CC1CCCCC1)c1cc(Cl)cc(Br)c1. The number of hydrogen-bond donors (Lipinski definition) is 2. The molecular weight excluding hydrogens is 312 g/mol. The minimum Gasteiger partial charge on any atom is -0.271 e. The van der Waals surface area contributed by atoms with Crippen molar-refractivity contribution in [1.29, 1.82) is 0 Å². The zero-order valence-electron chi connectivity index (χ0n) is 10.5. The van der Waals surface area contributed by atoms with E-state index in [1.165, 1.54) is 37.7 Å². The van der Waals surface area contributed by atoms with Crippen molar-refractivity contribution >= 4 is 27.5 Å². The number of nitrogens with two attached hydrogens (primary N) is 1. The van der Waals surface area contributed by atoms with Gasteiger partial charge in [-0.3, -0.25) is 11.3 Å². The Kier molecular flexibility index (Phi) is 5.49. The van der Waals surface area contributed by atoms with Crippen LogP contribution in [0.25, 0.3) is 0 Å². The first-order valence-corrected chi connectivity index (χ1v) is 7.78. The molecule has 4 heteroatoms. The van der Waals surface area contributed by atoms with Gasteiger partial charge in [0.25, 0.3) is 0 Å². The smallest absolute Gasteiger partial charge is 0.0463 e. The van der Waals surface area contributed by atoms with Gasteiger partial charge >= 0.3 is 0 Å². The van der Waals surface area contributed by atoms with Crippen molar-refractivity contribution < 1.29 is 0 Å². The Bertz CT molecular complexity index is 371. The Hall–Kier alpha value is -0.0900. The zero-order chi connectivity index (χ0) is 13.0. The van der Waals surface area contributed by atoms with Gasteiger partial charge in [0, 0.05) is 15.5 Å². The molecule has 0 amide bonds. The monoisotopic (exact) mass is 330 g/mol. The van der Waals surface area contributed by atoms with Crippen molar-refractivity contribution in [3.63, 3.8) is 0 Å². The maximum absolute atomic E-state index is 6.10. The Morgan fingerprint density at radius 2 is 2.00 bits per heavy atom. The molecule has 18 heavy (non-hydrogen) atoms. The molecule has 3 N–H and O–H groups in total. The van der Waals surface area contributed by atoms with Gasteiger partial charge < -0.3 is 0 Å². The van der Waals surface area contributed by atoms with Crippen LogP contribution in [0.4, 0.5) is 0 Å². The lowest BCUT2D eigenvalue weighted by Crippen LogP contribution is -2.30. The Labute approximate surface area is 122 Å². The van der Waals surface area contributed by atoms with Gasteiger partial charge in [-0.1, -0.05) is 59.6 Å². The molecule has 1 aromatic carbocycles. The molecule has 0 bridgehead atoms. The molecule has 0 spiro atoms. The molecule has 100 valence electrons. The fourth-order valence-electron chi connectivity index (χ4n) is 2.83. The Morgan fingerprint density at radius 1 is 1.28 bits per heavy atom. The molecule has 1 fully saturated rings. The average molecular weight is 332 g/mol. The summed E-state index contributed by atoms with van der Waals surface area (Å²) in [5, 5.41) is 0.753. The summed E-state index contributed by atoms with van der Waals surface area (Å²) in [7, 11) is 0. The van der Waals surface area contributed by atoms with E-state index in [0.29, 0.717) is 0 Å². The number of benzene rings is 1. The molecule has 0 radical (unpaired) electrons. The second-order valence-electron chi connectivity index (χ2n) is 5.16. The summed E-state index contributed by atoms with van der Waals surface area (Å²) >= 11 is 9.58. The molecular formula is C14H20BrClN2. The highest BCUT2D eigenvalue weighted by molar-refractivity contribution is 9.10. The summed E-state index contributed by atoms with van der Waals surface area (Å²) in [6.45, 7) is 0. The number of halogens is 2. The average Bonchev–Trinajstić information content (AvgIpc) is 2.36. The Balaban J connectivity index is 2.06. The molecule has 1 aliphatic rings. The van der Waals surface area contributed by atoms with Crippen molar-refractivity contribution in [1.82, 2.24) is 5.43 Å². The van der Waals surface area contributed by atoms with E-state index < -0.39 is 0 Å². The highest BCUT2D eigenvalue weighted by Crippen LogP contribution is 2.33. The predicted molar refractivity (Wildman–Crippen MR) is 80.4 cm³/mol. The van der Waals surface area contributed by atoms with E-state index in [2.05, 4.69) is 27.4 Å². The third-order valence-electron chi connectivity index (χ3n) is 3.78. The third kappa shape index (κ3) is 3.95. The van der Waals surface area contributed by atoms with Crippen molar-refractivity contribution in [3.05, 3.63) is 33.3 Å². The molecule has 0 saturated heterocycles. The predicted octanol–water partition coefficient (Wildman–Crippen LogP) is 4.58. The summed E-state index contributed by atoms with van der Waals surface area (Å²) in [6.07, 6.45) is 7.88. The molecule has 1 unspecified atom stereocenters. The van der Waals surface area contributed by atoms with Gasteiger partial charge in [0.15, 0.2) is 0 Å². The van der Waals surface area contributed by atoms with Crippen LogP contribution in [0.3, 0.4) is 0 Å². The Morgan fingerprint density at radius 3 is 2.61 bits per heavy atom. The minimum atomic E-state index is 0.197. The number of rotatable bonds is 4. The number of hydrazine groups is 1. The molecule has 0 heterocycles. The van der Waals surface area contributed by atoms with E-state index in [1.807, 2.05) is 12.1 Å². The van der Waals surface area contributed by atoms with Crippen LogP contribution in [0.1, 0.15) is 50.1 Å². The molecule has 2 rings (SSSR count). The molecule has 1 aliphatic carbocycles. The fourth-order valence-corrected chi connectivity index (χ4v) is 3.72. The summed E-state index contributed by atoms with van der Waals surface area (Å²) in [5.74, 6) is 6.50. The first kappa shape index (κ1) is 14.3. The van der Waals surface area contributed by atoms with E-state index in [1.54, 1.807) is 0 Å². The zero-order valence-corrected chi connectivity index (χ0v) is 12.8. The van der Waals surface area contributed by atoms with Gasteiger partial charge in [-0.25, -0.2) is 0 Å². The summed E-state index contributed by atoms with van der Waals surface area (Å²) in [4.78, 5) is 0. The lowest BCUT2D eigenvalue weighted by Gasteiger charge is -2.26. The molecule has 0 aromatic heterocycles. The van der Waals surface area contributed by atoms with Crippen LogP contribution in [0.15, 0.2) is 22.7 Å². The fraction of sp³-hybridized carbons (Fsp3) is 0.571. The number of nitrogens with one attached hydrogen (secondary N) is 1. The van der Waals surface area contributed by atoms with Crippen molar-refractivity contribution in [2.75, 3.05) is 0 Å². The van der Waals surface area contributed by atoms with E-state index in [-0.39, 0.29) is 6.04 Å². The standard InChI is InChI=1S/C14H20BrClN2/c15-12-7-11(8-13(16)9-12)14(18-17)6-10-4-2-1-3-5-10/h7-10,14,18H,1-6,17H2.